The van der Waals surface area contributed by atoms with Crippen LogP contribution in [0, 0.1) is 5.92 Å². The molecule has 0 amide bonds. The molecule has 1 fully saturated rings. The molecule has 3 nitrogen and oxygen atoms in total. The Balaban J connectivity index is 2.13. The maximum Gasteiger partial charge on any atom is 0.178 e. The summed E-state index contributed by atoms with van der Waals surface area (Å²) in [6, 6.07) is 6.59. The Labute approximate surface area is 103 Å². The molecule has 4 heteroatoms. The first-order chi connectivity index (χ1) is 8.08. The Kier molecular flexibility index (Phi) is 3.72. The van der Waals surface area contributed by atoms with Gasteiger partial charge in [0.1, 0.15) is 0 Å². The molecule has 0 unspecified atom stereocenters. The fourth-order valence-electron chi connectivity index (χ4n) is 2.47. The summed E-state index contributed by atoms with van der Waals surface area (Å²) in [5.41, 5.74) is 6.13. The fourth-order valence-corrected chi connectivity index (χ4v) is 4.22. The second-order valence-electron chi connectivity index (χ2n) is 4.86. The summed E-state index contributed by atoms with van der Waals surface area (Å²) in [6.07, 6.45) is 5.66. The Bertz CT molecular complexity index is 476. The first kappa shape index (κ1) is 12.4. The minimum atomic E-state index is -3.16. The summed E-state index contributed by atoms with van der Waals surface area (Å²) in [5.74, 6) is 0.603. The second kappa shape index (κ2) is 5.08. The quantitative estimate of drug-likeness (QED) is 0.842. The number of anilines is 1. The highest BCUT2D eigenvalue weighted by Gasteiger charge is 2.22. The molecule has 0 spiro atoms. The molecule has 94 valence electrons. The molecule has 0 bridgehead atoms. The molecule has 2 N–H and O–H groups in total. The molecule has 1 aromatic carbocycles. The van der Waals surface area contributed by atoms with Gasteiger partial charge in [-0.05, 0) is 37.0 Å². The zero-order valence-corrected chi connectivity index (χ0v) is 10.7. The van der Waals surface area contributed by atoms with E-state index in [1.54, 1.807) is 24.3 Å². The van der Waals surface area contributed by atoms with E-state index >= 15 is 0 Å². The van der Waals surface area contributed by atoms with Crippen LogP contribution in [0.1, 0.15) is 32.1 Å². The van der Waals surface area contributed by atoms with E-state index in [9.17, 15) is 8.42 Å². The molecule has 1 saturated carbocycles. The largest absolute Gasteiger partial charge is 0.399 e. The predicted molar refractivity (Wildman–Crippen MR) is 69.5 cm³/mol. The summed E-state index contributed by atoms with van der Waals surface area (Å²) >= 11 is 0. The van der Waals surface area contributed by atoms with Gasteiger partial charge in [-0.2, -0.15) is 0 Å². The van der Waals surface area contributed by atoms with Gasteiger partial charge in [0.2, 0.25) is 0 Å². The van der Waals surface area contributed by atoms with E-state index in [0.29, 0.717) is 16.5 Å². The van der Waals surface area contributed by atoms with Crippen molar-refractivity contribution in [1.82, 2.24) is 0 Å². The van der Waals surface area contributed by atoms with E-state index in [1.807, 2.05) is 0 Å². The number of benzene rings is 1. The molecular formula is C13H19NO2S. The molecule has 0 aliphatic heterocycles. The lowest BCUT2D eigenvalue weighted by atomic mass is 9.91. The minimum absolute atomic E-state index is 0.274. The summed E-state index contributed by atoms with van der Waals surface area (Å²) in [4.78, 5) is 0.364. The van der Waals surface area contributed by atoms with Gasteiger partial charge in [0, 0.05) is 5.69 Å². The lowest BCUT2D eigenvalue weighted by Crippen LogP contribution is -2.18. The van der Waals surface area contributed by atoms with E-state index in [-0.39, 0.29) is 5.75 Å². The third kappa shape index (κ3) is 3.22. The third-order valence-electron chi connectivity index (χ3n) is 3.40. The SMILES string of the molecule is Nc1cccc(S(=O)(=O)CC2CCCCC2)c1. The normalized spacial score (nSPS) is 18.1. The van der Waals surface area contributed by atoms with Crippen LogP contribution < -0.4 is 5.73 Å². The monoisotopic (exact) mass is 253 g/mol. The van der Waals surface area contributed by atoms with Gasteiger partial charge in [0.15, 0.2) is 9.84 Å². The van der Waals surface area contributed by atoms with Crippen molar-refractivity contribution in [3.63, 3.8) is 0 Å². The van der Waals surface area contributed by atoms with E-state index in [0.717, 1.165) is 25.7 Å². The topological polar surface area (TPSA) is 60.2 Å². The second-order valence-corrected chi connectivity index (χ2v) is 6.89. The number of rotatable bonds is 3. The molecule has 1 aliphatic rings. The number of sulfone groups is 1. The van der Waals surface area contributed by atoms with Gasteiger partial charge in [-0.15, -0.1) is 0 Å². The van der Waals surface area contributed by atoms with E-state index in [4.69, 9.17) is 5.73 Å². The number of nitrogens with two attached hydrogens (primary N) is 1. The highest BCUT2D eigenvalue weighted by Crippen LogP contribution is 2.27. The van der Waals surface area contributed by atoms with Gasteiger partial charge in [0.05, 0.1) is 10.6 Å². The molecule has 0 aromatic heterocycles. The van der Waals surface area contributed by atoms with Crippen LogP contribution in [-0.2, 0) is 9.84 Å². The van der Waals surface area contributed by atoms with Crippen molar-refractivity contribution in [1.29, 1.82) is 0 Å². The van der Waals surface area contributed by atoms with Crippen molar-refractivity contribution in [3.8, 4) is 0 Å². The molecular weight excluding hydrogens is 234 g/mol. The Hall–Kier alpha value is -1.03. The number of nitrogen functional groups attached to an aromatic ring is 1. The van der Waals surface area contributed by atoms with Crippen molar-refractivity contribution in [2.24, 2.45) is 5.92 Å². The first-order valence-corrected chi connectivity index (χ1v) is 7.81. The van der Waals surface area contributed by atoms with E-state index < -0.39 is 9.84 Å². The van der Waals surface area contributed by atoms with Crippen LogP contribution in [0.3, 0.4) is 0 Å². The summed E-state index contributed by atoms with van der Waals surface area (Å²) < 4.78 is 24.4. The lowest BCUT2D eigenvalue weighted by Gasteiger charge is -2.21. The van der Waals surface area contributed by atoms with Crippen LogP contribution >= 0.6 is 0 Å². The van der Waals surface area contributed by atoms with Gasteiger partial charge in [0.25, 0.3) is 0 Å². The molecule has 1 aliphatic carbocycles. The molecule has 17 heavy (non-hydrogen) atoms. The van der Waals surface area contributed by atoms with Crippen molar-refractivity contribution in [3.05, 3.63) is 24.3 Å². The van der Waals surface area contributed by atoms with Crippen LogP contribution in [-0.4, -0.2) is 14.2 Å². The molecule has 0 heterocycles. The summed E-state index contributed by atoms with van der Waals surface area (Å²) in [5, 5.41) is 0. The van der Waals surface area contributed by atoms with Gasteiger partial charge in [-0.3, -0.25) is 0 Å². The van der Waals surface area contributed by atoms with Gasteiger partial charge in [-0.25, -0.2) is 8.42 Å². The first-order valence-electron chi connectivity index (χ1n) is 6.16. The van der Waals surface area contributed by atoms with Crippen molar-refractivity contribution >= 4 is 15.5 Å². The Morgan fingerprint density at radius 2 is 1.88 bits per heavy atom. The van der Waals surface area contributed by atoms with Gasteiger partial charge < -0.3 is 5.73 Å². The fraction of sp³-hybridized carbons (Fsp3) is 0.538. The average molecular weight is 253 g/mol. The number of hydrogen-bond acceptors (Lipinski definition) is 3. The molecule has 0 saturated heterocycles. The predicted octanol–water partition coefficient (Wildman–Crippen LogP) is 2.62. The average Bonchev–Trinajstić information content (AvgIpc) is 2.30. The molecule has 1 aromatic rings. The highest BCUT2D eigenvalue weighted by molar-refractivity contribution is 7.91. The lowest BCUT2D eigenvalue weighted by molar-refractivity contribution is 0.385. The smallest absolute Gasteiger partial charge is 0.178 e. The third-order valence-corrected chi connectivity index (χ3v) is 5.28. The minimum Gasteiger partial charge on any atom is -0.399 e. The molecule has 0 atom stereocenters. The van der Waals surface area contributed by atoms with Crippen molar-refractivity contribution in [2.45, 2.75) is 37.0 Å². The number of hydrogen-bond donors (Lipinski definition) is 1. The zero-order chi connectivity index (χ0) is 12.3. The standard InChI is InChI=1S/C13H19NO2S/c14-12-7-4-8-13(9-12)17(15,16)10-11-5-2-1-3-6-11/h4,7-9,11H,1-3,5-6,10,14H2. The van der Waals surface area contributed by atoms with Gasteiger partial charge in [-0.1, -0.05) is 25.3 Å². The summed E-state index contributed by atoms with van der Waals surface area (Å²) in [7, 11) is -3.16. The Morgan fingerprint density at radius 1 is 1.18 bits per heavy atom. The maximum absolute atomic E-state index is 12.2. The van der Waals surface area contributed by atoms with E-state index in [2.05, 4.69) is 0 Å². The van der Waals surface area contributed by atoms with Crippen LogP contribution in [0.4, 0.5) is 5.69 Å². The zero-order valence-electron chi connectivity index (χ0n) is 9.93. The molecule has 2 rings (SSSR count). The highest BCUT2D eigenvalue weighted by atomic mass is 32.2. The van der Waals surface area contributed by atoms with Crippen LogP contribution in [0.25, 0.3) is 0 Å². The van der Waals surface area contributed by atoms with Crippen LogP contribution in [0.15, 0.2) is 29.2 Å². The van der Waals surface area contributed by atoms with Crippen molar-refractivity contribution in [2.75, 3.05) is 11.5 Å². The van der Waals surface area contributed by atoms with Gasteiger partial charge >= 0.3 is 0 Å². The summed E-state index contributed by atoms with van der Waals surface area (Å²) in [6.45, 7) is 0. The van der Waals surface area contributed by atoms with E-state index in [1.165, 1.54) is 6.42 Å². The van der Waals surface area contributed by atoms with Crippen molar-refractivity contribution < 1.29 is 8.42 Å². The molecule has 0 radical (unpaired) electrons. The Morgan fingerprint density at radius 3 is 2.53 bits per heavy atom. The maximum atomic E-state index is 12.2. The van der Waals surface area contributed by atoms with Crippen LogP contribution in [0.2, 0.25) is 0 Å². The van der Waals surface area contributed by atoms with Crippen LogP contribution in [0.5, 0.6) is 0 Å².